The summed E-state index contributed by atoms with van der Waals surface area (Å²) in [5, 5.41) is 10.8. The van der Waals surface area contributed by atoms with E-state index in [1.54, 1.807) is 42.5 Å². The lowest BCUT2D eigenvalue weighted by molar-refractivity contribution is -0.114. The molecule has 1 N–H and O–H groups in total. The summed E-state index contributed by atoms with van der Waals surface area (Å²) in [6, 6.07) is 23.7. The lowest BCUT2D eigenvalue weighted by atomic mass is 10.3. The maximum Gasteiger partial charge on any atom is 0.264 e. The van der Waals surface area contributed by atoms with Gasteiger partial charge in [0.25, 0.3) is 10.0 Å². The quantitative estimate of drug-likeness (QED) is 0.252. The molecule has 1 aromatic heterocycles. The summed E-state index contributed by atoms with van der Waals surface area (Å²) >= 11 is 2.62. The number of benzene rings is 3. The van der Waals surface area contributed by atoms with E-state index >= 15 is 0 Å². The Labute approximate surface area is 205 Å². The first-order valence-corrected chi connectivity index (χ1v) is 13.5. The van der Waals surface area contributed by atoms with Crippen LogP contribution >= 0.6 is 23.1 Å². The Morgan fingerprint density at radius 1 is 0.941 bits per heavy atom. The number of carbonyl (C=O) groups is 1. The van der Waals surface area contributed by atoms with Gasteiger partial charge in [-0.2, -0.15) is 0 Å². The van der Waals surface area contributed by atoms with Gasteiger partial charge in [-0.3, -0.25) is 14.4 Å². The summed E-state index contributed by atoms with van der Waals surface area (Å²) in [7, 11) is -4.02. The molecule has 0 saturated heterocycles. The molecule has 8 nitrogen and oxygen atoms in total. The van der Waals surface area contributed by atoms with Crippen LogP contribution in [-0.2, 0) is 14.8 Å². The van der Waals surface area contributed by atoms with Gasteiger partial charge < -0.3 is 4.74 Å². The first kappa shape index (κ1) is 23.7. The Kier molecular flexibility index (Phi) is 7.46. The second kappa shape index (κ2) is 10.7. The molecule has 4 aromatic rings. The number of nitrogens with one attached hydrogen (secondary N) is 1. The molecule has 0 spiro atoms. The van der Waals surface area contributed by atoms with E-state index in [1.165, 1.54) is 35.2 Å². The number of amides is 1. The van der Waals surface area contributed by atoms with E-state index in [9.17, 15) is 13.2 Å². The van der Waals surface area contributed by atoms with E-state index in [0.29, 0.717) is 26.7 Å². The Morgan fingerprint density at radius 3 is 2.18 bits per heavy atom. The molecule has 0 unspecified atom stereocenters. The molecule has 0 saturated carbocycles. The van der Waals surface area contributed by atoms with Crippen LogP contribution in [0.25, 0.3) is 0 Å². The first-order valence-electron chi connectivity index (χ1n) is 10.0. The van der Waals surface area contributed by atoms with E-state index in [1.807, 2.05) is 36.6 Å². The Bertz CT molecular complexity index is 1350. The summed E-state index contributed by atoms with van der Waals surface area (Å²) in [6.07, 6.45) is 1.85. The van der Waals surface area contributed by atoms with E-state index in [2.05, 4.69) is 15.5 Å². The van der Waals surface area contributed by atoms with Crippen LogP contribution in [0.4, 0.5) is 10.8 Å². The molecule has 0 aliphatic heterocycles. The highest BCUT2D eigenvalue weighted by atomic mass is 32.2. The van der Waals surface area contributed by atoms with Crippen molar-refractivity contribution in [3.8, 4) is 11.5 Å². The van der Waals surface area contributed by atoms with E-state index in [-0.39, 0.29) is 4.90 Å². The van der Waals surface area contributed by atoms with E-state index in [4.69, 9.17) is 4.74 Å². The molecule has 34 heavy (non-hydrogen) atoms. The van der Waals surface area contributed by atoms with Crippen LogP contribution in [0.2, 0.25) is 0 Å². The number of anilines is 2. The molecular weight excluding hydrogens is 492 g/mol. The molecule has 3 aromatic carbocycles. The highest BCUT2D eigenvalue weighted by Crippen LogP contribution is 2.28. The highest BCUT2D eigenvalue weighted by molar-refractivity contribution is 8.00. The summed E-state index contributed by atoms with van der Waals surface area (Å²) in [4.78, 5) is 12.8. The third-order valence-electron chi connectivity index (χ3n) is 4.55. The number of hydrogen-bond acceptors (Lipinski definition) is 8. The van der Waals surface area contributed by atoms with Crippen molar-refractivity contribution in [2.75, 3.05) is 22.4 Å². The van der Waals surface area contributed by atoms with Crippen molar-refractivity contribution in [3.05, 3.63) is 84.9 Å². The summed E-state index contributed by atoms with van der Waals surface area (Å²) in [5.41, 5.74) is 0.321. The lowest BCUT2D eigenvalue weighted by Crippen LogP contribution is -2.38. The van der Waals surface area contributed by atoms with Crippen LogP contribution in [0.1, 0.15) is 0 Å². The number of thioether (sulfide) groups is 1. The third kappa shape index (κ3) is 5.74. The number of ether oxygens (including phenoxy) is 1. The smallest absolute Gasteiger partial charge is 0.264 e. The minimum Gasteiger partial charge on any atom is -0.457 e. The van der Waals surface area contributed by atoms with Gasteiger partial charge in [0, 0.05) is 0 Å². The number of nitrogens with zero attached hydrogens (tertiary/aromatic N) is 3. The number of carbonyl (C=O) groups excluding carboxylic acids is 1. The number of hydrogen-bond donors (Lipinski definition) is 1. The van der Waals surface area contributed by atoms with Crippen molar-refractivity contribution in [1.82, 2.24) is 10.2 Å². The van der Waals surface area contributed by atoms with Crippen LogP contribution in [0.15, 0.2) is 94.2 Å². The molecule has 0 atom stereocenters. The van der Waals surface area contributed by atoms with Crippen molar-refractivity contribution in [2.45, 2.75) is 9.24 Å². The van der Waals surface area contributed by atoms with E-state index < -0.39 is 22.5 Å². The van der Waals surface area contributed by atoms with Crippen molar-refractivity contribution in [1.29, 1.82) is 0 Å². The predicted octanol–water partition coefficient (Wildman–Crippen LogP) is 4.89. The van der Waals surface area contributed by atoms with E-state index in [0.717, 1.165) is 4.31 Å². The van der Waals surface area contributed by atoms with Crippen LogP contribution in [0.5, 0.6) is 11.5 Å². The summed E-state index contributed by atoms with van der Waals surface area (Å²) in [5.74, 6) is 0.660. The fraction of sp³-hybridized carbons (Fsp3) is 0.0870. The molecule has 4 rings (SSSR count). The van der Waals surface area contributed by atoms with Gasteiger partial charge in [0.05, 0.1) is 10.6 Å². The van der Waals surface area contributed by atoms with Crippen LogP contribution in [0, 0.1) is 0 Å². The minimum absolute atomic E-state index is 0.0768. The predicted molar refractivity (Wildman–Crippen MR) is 134 cm³/mol. The molecule has 1 heterocycles. The number of para-hydroxylation sites is 1. The molecule has 0 fully saturated rings. The van der Waals surface area contributed by atoms with Gasteiger partial charge in [-0.1, -0.05) is 59.5 Å². The van der Waals surface area contributed by atoms with Crippen molar-refractivity contribution >= 4 is 49.8 Å². The van der Waals surface area contributed by atoms with Crippen molar-refractivity contribution in [2.24, 2.45) is 0 Å². The van der Waals surface area contributed by atoms with Gasteiger partial charge in [-0.05, 0) is 54.8 Å². The SMILES string of the molecule is CSc1nnc(NC(=O)CN(c2ccc(Oc3ccccc3)cc2)S(=O)(=O)c2ccccc2)s1. The summed E-state index contributed by atoms with van der Waals surface area (Å²) in [6.45, 7) is -0.440. The van der Waals surface area contributed by atoms with Gasteiger partial charge in [-0.25, -0.2) is 8.42 Å². The zero-order valence-corrected chi connectivity index (χ0v) is 20.4. The number of sulfonamides is 1. The Hall–Kier alpha value is -3.41. The van der Waals surface area contributed by atoms with Gasteiger partial charge in [-0.15, -0.1) is 10.2 Å². The molecule has 1 amide bonds. The number of rotatable bonds is 9. The molecule has 174 valence electrons. The maximum atomic E-state index is 13.4. The molecular formula is C23H20N4O4S3. The fourth-order valence-electron chi connectivity index (χ4n) is 2.97. The van der Waals surface area contributed by atoms with Crippen LogP contribution in [-0.4, -0.2) is 37.3 Å². The van der Waals surface area contributed by atoms with Crippen molar-refractivity contribution < 1.29 is 17.9 Å². The standard InChI is InChI=1S/C23H20N4O4S3/c1-32-23-26-25-22(33-23)24-21(28)16-27(34(29,30)20-10-6-3-7-11-20)17-12-14-19(15-13-17)31-18-8-4-2-5-9-18/h2-15H,16H2,1H3,(H,24,25,28). The lowest BCUT2D eigenvalue weighted by Gasteiger charge is -2.24. The first-order chi connectivity index (χ1) is 16.5. The Balaban J connectivity index is 1.60. The van der Waals surface area contributed by atoms with Gasteiger partial charge in [0.15, 0.2) is 4.34 Å². The number of aromatic nitrogens is 2. The van der Waals surface area contributed by atoms with Crippen LogP contribution in [0.3, 0.4) is 0 Å². The van der Waals surface area contributed by atoms with Gasteiger partial charge >= 0.3 is 0 Å². The third-order valence-corrected chi connectivity index (χ3v) is 8.15. The normalized spacial score (nSPS) is 11.1. The highest BCUT2D eigenvalue weighted by Gasteiger charge is 2.27. The average molecular weight is 513 g/mol. The Morgan fingerprint density at radius 2 is 1.56 bits per heavy atom. The minimum atomic E-state index is -4.02. The second-order valence-corrected chi connectivity index (χ2v) is 10.8. The zero-order valence-electron chi connectivity index (χ0n) is 18.0. The maximum absolute atomic E-state index is 13.4. The van der Waals surface area contributed by atoms with Gasteiger partial charge in [0.2, 0.25) is 11.0 Å². The van der Waals surface area contributed by atoms with Gasteiger partial charge in [0.1, 0.15) is 18.0 Å². The topological polar surface area (TPSA) is 101 Å². The fourth-order valence-corrected chi connectivity index (χ4v) is 5.60. The molecule has 11 heteroatoms. The monoisotopic (exact) mass is 512 g/mol. The van der Waals surface area contributed by atoms with Crippen LogP contribution < -0.4 is 14.4 Å². The second-order valence-electron chi connectivity index (χ2n) is 6.86. The zero-order chi connectivity index (χ0) is 24.0. The average Bonchev–Trinajstić information content (AvgIpc) is 3.32. The summed E-state index contributed by atoms with van der Waals surface area (Å²) < 4.78 is 34.4. The molecule has 0 aliphatic carbocycles. The largest absolute Gasteiger partial charge is 0.457 e. The molecule has 0 bridgehead atoms. The van der Waals surface area contributed by atoms with Crippen molar-refractivity contribution in [3.63, 3.8) is 0 Å². The molecule has 0 aliphatic rings. The molecule has 0 radical (unpaired) electrons.